The number of halogens is 2. The van der Waals surface area contributed by atoms with Crippen molar-refractivity contribution >= 4 is 34.8 Å². The number of hydrogen-bond donors (Lipinski definition) is 2. The Morgan fingerprint density at radius 3 is 2.50 bits per heavy atom. The number of hydrogen-bond acceptors (Lipinski definition) is 3. The van der Waals surface area contributed by atoms with Gasteiger partial charge in [0.1, 0.15) is 10.9 Å². The number of phenols is 1. The van der Waals surface area contributed by atoms with Crippen molar-refractivity contribution in [3.05, 3.63) is 51.3 Å². The summed E-state index contributed by atoms with van der Waals surface area (Å²) in [5.41, 5.74) is 2.19. The number of carbonyl (C=O) groups excluding carboxylic acids is 1. The Bertz CT molecular complexity index is 664. The van der Waals surface area contributed by atoms with Gasteiger partial charge < -0.3 is 10.4 Å². The molecule has 0 atom stereocenters. The maximum absolute atomic E-state index is 12.2. The minimum Gasteiger partial charge on any atom is -0.508 e. The van der Waals surface area contributed by atoms with Gasteiger partial charge in [-0.3, -0.25) is 4.79 Å². The third kappa shape index (κ3) is 3.03. The zero-order valence-electron chi connectivity index (χ0n) is 10.9. The summed E-state index contributed by atoms with van der Waals surface area (Å²) < 4.78 is 0. The average molecular weight is 311 g/mol. The second-order valence-corrected chi connectivity index (χ2v) is 5.13. The van der Waals surface area contributed by atoms with Crippen LogP contribution in [0.1, 0.15) is 21.5 Å². The van der Waals surface area contributed by atoms with Gasteiger partial charge in [0.2, 0.25) is 0 Å². The van der Waals surface area contributed by atoms with Crippen molar-refractivity contribution in [2.24, 2.45) is 0 Å². The Labute approximate surface area is 126 Å². The molecule has 1 heterocycles. The van der Waals surface area contributed by atoms with E-state index in [9.17, 15) is 9.90 Å². The van der Waals surface area contributed by atoms with Crippen LogP contribution in [0, 0.1) is 13.8 Å². The molecule has 0 aliphatic rings. The van der Waals surface area contributed by atoms with Crippen LogP contribution >= 0.6 is 23.2 Å². The van der Waals surface area contributed by atoms with Crippen LogP contribution in [0.5, 0.6) is 5.75 Å². The fourth-order valence-electron chi connectivity index (χ4n) is 1.73. The molecule has 2 N–H and O–H groups in total. The summed E-state index contributed by atoms with van der Waals surface area (Å²) >= 11 is 11.8. The molecule has 0 aliphatic heterocycles. The first-order valence-electron chi connectivity index (χ1n) is 5.82. The van der Waals surface area contributed by atoms with Gasteiger partial charge in [0.15, 0.2) is 5.15 Å². The Kier molecular flexibility index (Phi) is 4.16. The summed E-state index contributed by atoms with van der Waals surface area (Å²) in [5.74, 6) is -0.189. The molecule has 0 fully saturated rings. The third-order valence-corrected chi connectivity index (χ3v) is 3.31. The first-order valence-corrected chi connectivity index (χ1v) is 6.57. The molecule has 104 valence electrons. The van der Waals surface area contributed by atoms with Gasteiger partial charge in [-0.1, -0.05) is 23.2 Å². The lowest BCUT2D eigenvalue weighted by atomic mass is 10.1. The van der Waals surface area contributed by atoms with Gasteiger partial charge >= 0.3 is 0 Å². The van der Waals surface area contributed by atoms with Crippen LogP contribution in [-0.4, -0.2) is 16.0 Å². The maximum atomic E-state index is 12.2. The quantitative estimate of drug-likeness (QED) is 0.825. The SMILES string of the molecule is Cc1cc(C(=O)Nc2c(C)cc(Cl)nc2Cl)ccc1O. The van der Waals surface area contributed by atoms with Gasteiger partial charge in [-0.25, -0.2) is 4.98 Å². The molecular weight excluding hydrogens is 299 g/mol. The molecule has 0 spiro atoms. The summed E-state index contributed by atoms with van der Waals surface area (Å²) in [5, 5.41) is 12.6. The third-order valence-electron chi connectivity index (χ3n) is 2.84. The van der Waals surface area contributed by atoms with Gasteiger partial charge in [0.25, 0.3) is 5.91 Å². The average Bonchev–Trinajstić information content (AvgIpc) is 2.36. The molecule has 0 unspecified atom stereocenters. The van der Waals surface area contributed by atoms with Crippen molar-refractivity contribution in [1.82, 2.24) is 4.98 Å². The predicted octanol–water partition coefficient (Wildman–Crippen LogP) is 3.96. The number of rotatable bonds is 2. The highest BCUT2D eigenvalue weighted by Crippen LogP contribution is 2.27. The number of nitrogens with zero attached hydrogens (tertiary/aromatic N) is 1. The molecule has 0 aliphatic carbocycles. The lowest BCUT2D eigenvalue weighted by molar-refractivity contribution is 0.102. The molecular formula is C14H12Cl2N2O2. The molecule has 0 saturated heterocycles. The lowest BCUT2D eigenvalue weighted by Crippen LogP contribution is -2.13. The van der Waals surface area contributed by atoms with Crippen LogP contribution in [0.3, 0.4) is 0 Å². The second kappa shape index (κ2) is 5.69. The molecule has 2 rings (SSSR count). The van der Waals surface area contributed by atoms with Gasteiger partial charge in [-0.15, -0.1) is 0 Å². The number of phenolic OH excluding ortho intramolecular Hbond substituents is 1. The molecule has 0 bridgehead atoms. The number of benzene rings is 1. The zero-order valence-corrected chi connectivity index (χ0v) is 12.4. The highest BCUT2D eigenvalue weighted by Gasteiger charge is 2.13. The number of nitrogens with one attached hydrogen (secondary N) is 1. The highest BCUT2D eigenvalue weighted by molar-refractivity contribution is 6.35. The van der Waals surface area contributed by atoms with Crippen LogP contribution < -0.4 is 5.32 Å². The smallest absolute Gasteiger partial charge is 0.255 e. The largest absolute Gasteiger partial charge is 0.508 e. The number of amides is 1. The van der Waals surface area contributed by atoms with Crippen LogP contribution in [0.2, 0.25) is 10.3 Å². The van der Waals surface area contributed by atoms with Crippen molar-refractivity contribution in [1.29, 1.82) is 0 Å². The van der Waals surface area contributed by atoms with Crippen molar-refractivity contribution < 1.29 is 9.90 Å². The number of aryl methyl sites for hydroxylation is 2. The normalized spacial score (nSPS) is 10.4. The number of anilines is 1. The zero-order chi connectivity index (χ0) is 14.9. The van der Waals surface area contributed by atoms with Crippen molar-refractivity contribution in [3.8, 4) is 5.75 Å². The number of aromatic nitrogens is 1. The van der Waals surface area contributed by atoms with E-state index in [1.165, 1.54) is 12.1 Å². The number of aromatic hydroxyl groups is 1. The monoisotopic (exact) mass is 310 g/mol. The summed E-state index contributed by atoms with van der Waals surface area (Å²) in [6.07, 6.45) is 0. The van der Waals surface area contributed by atoms with Crippen molar-refractivity contribution in [2.75, 3.05) is 5.32 Å². The second-order valence-electron chi connectivity index (χ2n) is 4.38. The van der Waals surface area contributed by atoms with Gasteiger partial charge in [0, 0.05) is 5.56 Å². The van der Waals surface area contributed by atoms with Gasteiger partial charge in [-0.2, -0.15) is 0 Å². The summed E-state index contributed by atoms with van der Waals surface area (Å²) in [6, 6.07) is 6.21. The number of pyridine rings is 1. The molecule has 20 heavy (non-hydrogen) atoms. The van der Waals surface area contributed by atoms with E-state index in [1.54, 1.807) is 26.0 Å². The van der Waals surface area contributed by atoms with E-state index < -0.39 is 0 Å². The lowest BCUT2D eigenvalue weighted by Gasteiger charge is -2.11. The molecule has 0 radical (unpaired) electrons. The van der Waals surface area contributed by atoms with Crippen LogP contribution in [0.25, 0.3) is 0 Å². The topological polar surface area (TPSA) is 62.2 Å². The molecule has 1 aromatic carbocycles. The molecule has 0 saturated carbocycles. The van der Waals surface area contributed by atoms with Crippen LogP contribution in [-0.2, 0) is 0 Å². The van der Waals surface area contributed by atoms with E-state index in [-0.39, 0.29) is 22.0 Å². The van der Waals surface area contributed by atoms with Gasteiger partial charge in [0.05, 0.1) is 5.69 Å². The maximum Gasteiger partial charge on any atom is 0.255 e. The number of carbonyl (C=O) groups is 1. The molecule has 4 nitrogen and oxygen atoms in total. The minimum atomic E-state index is -0.331. The Balaban J connectivity index is 2.30. The Hall–Kier alpha value is -1.78. The van der Waals surface area contributed by atoms with Crippen molar-refractivity contribution in [3.63, 3.8) is 0 Å². The van der Waals surface area contributed by atoms with Crippen molar-refractivity contribution in [2.45, 2.75) is 13.8 Å². The van der Waals surface area contributed by atoms with E-state index in [4.69, 9.17) is 23.2 Å². The Morgan fingerprint density at radius 2 is 1.90 bits per heavy atom. The summed E-state index contributed by atoms with van der Waals surface area (Å²) in [6.45, 7) is 3.49. The molecule has 1 amide bonds. The molecule has 2 aromatic rings. The first-order chi connectivity index (χ1) is 9.38. The predicted molar refractivity (Wildman–Crippen MR) is 79.8 cm³/mol. The summed E-state index contributed by atoms with van der Waals surface area (Å²) in [7, 11) is 0. The standard InChI is InChI=1S/C14H12Cl2N2O2/c1-7-5-9(3-4-10(7)19)14(20)18-12-8(2)6-11(15)17-13(12)16/h3-6,19H,1-2H3,(H,18,20). The Morgan fingerprint density at radius 1 is 1.20 bits per heavy atom. The van der Waals surface area contributed by atoms with E-state index in [0.29, 0.717) is 16.8 Å². The minimum absolute atomic E-state index is 0.138. The van der Waals surface area contributed by atoms with Gasteiger partial charge in [-0.05, 0) is 49.2 Å². The van der Waals surface area contributed by atoms with E-state index in [2.05, 4.69) is 10.3 Å². The van der Waals surface area contributed by atoms with Crippen LogP contribution in [0.15, 0.2) is 24.3 Å². The van der Waals surface area contributed by atoms with E-state index in [0.717, 1.165) is 5.56 Å². The first kappa shape index (κ1) is 14.6. The molecule has 1 aromatic heterocycles. The van der Waals surface area contributed by atoms with Crippen LogP contribution in [0.4, 0.5) is 5.69 Å². The fraction of sp³-hybridized carbons (Fsp3) is 0.143. The van der Waals surface area contributed by atoms with E-state index >= 15 is 0 Å². The fourth-order valence-corrected chi connectivity index (χ4v) is 2.31. The van der Waals surface area contributed by atoms with E-state index in [1.807, 2.05) is 0 Å². The highest BCUT2D eigenvalue weighted by atomic mass is 35.5. The summed E-state index contributed by atoms with van der Waals surface area (Å²) in [4.78, 5) is 16.0. The molecule has 6 heteroatoms.